The lowest BCUT2D eigenvalue weighted by molar-refractivity contribution is 0.206. The van der Waals surface area contributed by atoms with Gasteiger partial charge in [-0.15, -0.1) is 0 Å². The standard InChI is InChI=1S/C19H21ClN4O/c1-23(13-15-7-2-3-8-16(15)20)19(25)21-11-6-12-24-14-22-17-9-4-5-10-18(17)24/h2-5,7-10,14H,6,11-13H2,1H3,(H,21,25). The fraction of sp³-hybridized carbons (Fsp3) is 0.263. The fourth-order valence-corrected chi connectivity index (χ4v) is 2.92. The number of fused-ring (bicyclic) bond motifs is 1. The van der Waals surface area contributed by atoms with Gasteiger partial charge in [0.1, 0.15) is 0 Å². The first kappa shape index (κ1) is 17.3. The molecule has 1 aromatic heterocycles. The Labute approximate surface area is 152 Å². The number of aromatic nitrogens is 2. The number of benzene rings is 2. The van der Waals surface area contributed by atoms with Crippen LogP contribution < -0.4 is 5.32 Å². The third kappa shape index (κ3) is 4.31. The van der Waals surface area contributed by atoms with Crippen molar-refractivity contribution >= 4 is 28.7 Å². The van der Waals surface area contributed by atoms with Crippen molar-refractivity contribution < 1.29 is 4.79 Å². The minimum Gasteiger partial charge on any atom is -0.338 e. The number of rotatable bonds is 6. The molecule has 2 aromatic carbocycles. The molecule has 0 atom stereocenters. The van der Waals surface area contributed by atoms with Crippen LogP contribution >= 0.6 is 11.6 Å². The predicted molar refractivity (Wildman–Crippen MR) is 101 cm³/mol. The van der Waals surface area contributed by atoms with E-state index in [2.05, 4.69) is 20.9 Å². The highest BCUT2D eigenvalue weighted by atomic mass is 35.5. The van der Waals surface area contributed by atoms with Crippen LogP contribution in [0, 0.1) is 0 Å². The molecular weight excluding hydrogens is 336 g/mol. The maximum absolute atomic E-state index is 12.2. The van der Waals surface area contributed by atoms with E-state index < -0.39 is 0 Å². The van der Waals surface area contributed by atoms with Crippen LogP contribution in [0.5, 0.6) is 0 Å². The zero-order valence-corrected chi connectivity index (χ0v) is 14.9. The zero-order chi connectivity index (χ0) is 17.6. The summed E-state index contributed by atoms with van der Waals surface area (Å²) in [6.45, 7) is 1.91. The van der Waals surface area contributed by atoms with Gasteiger partial charge in [-0.3, -0.25) is 0 Å². The van der Waals surface area contributed by atoms with Crippen LogP contribution in [0.25, 0.3) is 11.0 Å². The topological polar surface area (TPSA) is 50.2 Å². The lowest BCUT2D eigenvalue weighted by Crippen LogP contribution is -2.37. The van der Waals surface area contributed by atoms with Crippen molar-refractivity contribution in [1.29, 1.82) is 0 Å². The Morgan fingerprint density at radius 3 is 2.80 bits per heavy atom. The van der Waals surface area contributed by atoms with Gasteiger partial charge in [0.15, 0.2) is 0 Å². The molecule has 0 aliphatic rings. The van der Waals surface area contributed by atoms with Crippen molar-refractivity contribution in [2.45, 2.75) is 19.5 Å². The first-order valence-corrected chi connectivity index (χ1v) is 8.65. The Morgan fingerprint density at radius 1 is 1.20 bits per heavy atom. The Morgan fingerprint density at radius 2 is 1.96 bits per heavy atom. The van der Waals surface area contributed by atoms with Crippen molar-refractivity contribution in [3.63, 3.8) is 0 Å². The number of aryl methyl sites for hydroxylation is 1. The van der Waals surface area contributed by atoms with Crippen LogP contribution in [0.3, 0.4) is 0 Å². The van der Waals surface area contributed by atoms with E-state index in [1.54, 1.807) is 11.9 Å². The van der Waals surface area contributed by atoms with E-state index in [0.29, 0.717) is 18.1 Å². The molecule has 25 heavy (non-hydrogen) atoms. The Balaban J connectivity index is 1.45. The van der Waals surface area contributed by atoms with Gasteiger partial charge < -0.3 is 14.8 Å². The maximum atomic E-state index is 12.2. The third-order valence-corrected chi connectivity index (χ3v) is 4.46. The second-order valence-electron chi connectivity index (χ2n) is 5.96. The highest BCUT2D eigenvalue weighted by Gasteiger charge is 2.10. The third-order valence-electron chi connectivity index (χ3n) is 4.09. The number of urea groups is 1. The number of hydrogen-bond acceptors (Lipinski definition) is 2. The number of nitrogens with one attached hydrogen (secondary N) is 1. The van der Waals surface area contributed by atoms with Crippen molar-refractivity contribution in [2.75, 3.05) is 13.6 Å². The molecule has 0 aliphatic carbocycles. The monoisotopic (exact) mass is 356 g/mol. The van der Waals surface area contributed by atoms with E-state index in [-0.39, 0.29) is 6.03 Å². The molecule has 0 saturated heterocycles. The summed E-state index contributed by atoms with van der Waals surface area (Å²) in [4.78, 5) is 18.2. The van der Waals surface area contributed by atoms with Crippen LogP contribution in [0.4, 0.5) is 4.79 Å². The summed E-state index contributed by atoms with van der Waals surface area (Å²) >= 11 is 6.14. The van der Waals surface area contributed by atoms with E-state index in [1.165, 1.54) is 0 Å². The molecule has 0 radical (unpaired) electrons. The number of carbonyl (C=O) groups excluding carboxylic acids is 1. The highest BCUT2D eigenvalue weighted by Crippen LogP contribution is 2.16. The number of imidazole rings is 1. The Bertz CT molecular complexity index is 861. The molecule has 0 aliphatic heterocycles. The number of nitrogens with zero attached hydrogens (tertiary/aromatic N) is 3. The van der Waals surface area contributed by atoms with Gasteiger partial charge in [0.25, 0.3) is 0 Å². The molecule has 2 amide bonds. The van der Waals surface area contributed by atoms with E-state index in [0.717, 1.165) is 29.6 Å². The molecule has 1 N–H and O–H groups in total. The first-order chi connectivity index (χ1) is 12.1. The second-order valence-corrected chi connectivity index (χ2v) is 6.37. The smallest absolute Gasteiger partial charge is 0.317 e. The molecular formula is C19H21ClN4O. The quantitative estimate of drug-likeness (QED) is 0.680. The Kier molecular flexibility index (Phi) is 5.56. The zero-order valence-electron chi connectivity index (χ0n) is 14.2. The summed E-state index contributed by atoms with van der Waals surface area (Å²) in [6, 6.07) is 15.5. The normalized spacial score (nSPS) is 10.8. The number of para-hydroxylation sites is 2. The van der Waals surface area contributed by atoms with Crippen molar-refractivity contribution in [3.8, 4) is 0 Å². The van der Waals surface area contributed by atoms with E-state index in [9.17, 15) is 4.79 Å². The number of amides is 2. The van der Waals surface area contributed by atoms with Gasteiger partial charge in [-0.1, -0.05) is 41.9 Å². The van der Waals surface area contributed by atoms with Crippen LogP contribution in [-0.4, -0.2) is 34.1 Å². The molecule has 0 unspecified atom stereocenters. The molecule has 0 saturated carbocycles. The summed E-state index contributed by atoms with van der Waals surface area (Å²) in [5.74, 6) is 0. The summed E-state index contributed by atoms with van der Waals surface area (Å²) < 4.78 is 2.11. The van der Waals surface area contributed by atoms with Crippen molar-refractivity contribution in [3.05, 3.63) is 65.4 Å². The van der Waals surface area contributed by atoms with Gasteiger partial charge in [-0.2, -0.15) is 0 Å². The highest BCUT2D eigenvalue weighted by molar-refractivity contribution is 6.31. The lowest BCUT2D eigenvalue weighted by atomic mass is 10.2. The van der Waals surface area contributed by atoms with Gasteiger partial charge in [-0.05, 0) is 30.2 Å². The average molecular weight is 357 g/mol. The van der Waals surface area contributed by atoms with Crippen LogP contribution in [-0.2, 0) is 13.1 Å². The summed E-state index contributed by atoms with van der Waals surface area (Å²) in [5, 5.41) is 3.62. The van der Waals surface area contributed by atoms with Gasteiger partial charge in [0.05, 0.1) is 17.4 Å². The predicted octanol–water partition coefficient (Wildman–Crippen LogP) is 3.92. The van der Waals surface area contributed by atoms with Gasteiger partial charge in [0.2, 0.25) is 0 Å². The second kappa shape index (κ2) is 8.03. The van der Waals surface area contributed by atoms with E-state index >= 15 is 0 Å². The molecule has 6 heteroatoms. The molecule has 1 heterocycles. The minimum absolute atomic E-state index is 0.101. The number of hydrogen-bond donors (Lipinski definition) is 1. The molecule has 3 rings (SSSR count). The molecule has 5 nitrogen and oxygen atoms in total. The average Bonchev–Trinajstić information content (AvgIpc) is 3.03. The minimum atomic E-state index is -0.101. The van der Waals surface area contributed by atoms with Gasteiger partial charge in [0, 0.05) is 31.7 Å². The van der Waals surface area contributed by atoms with Crippen molar-refractivity contribution in [1.82, 2.24) is 19.8 Å². The van der Waals surface area contributed by atoms with Crippen molar-refractivity contribution in [2.24, 2.45) is 0 Å². The number of halogens is 1. The van der Waals surface area contributed by atoms with Crippen LogP contribution in [0.1, 0.15) is 12.0 Å². The van der Waals surface area contributed by atoms with E-state index in [4.69, 9.17) is 11.6 Å². The largest absolute Gasteiger partial charge is 0.338 e. The van der Waals surface area contributed by atoms with Crippen LogP contribution in [0.15, 0.2) is 54.9 Å². The molecule has 3 aromatic rings. The lowest BCUT2D eigenvalue weighted by Gasteiger charge is -2.18. The summed E-state index contributed by atoms with van der Waals surface area (Å²) in [6.07, 6.45) is 2.68. The SMILES string of the molecule is CN(Cc1ccccc1Cl)C(=O)NCCCn1cnc2ccccc21. The Hall–Kier alpha value is -2.53. The van der Waals surface area contributed by atoms with Gasteiger partial charge in [-0.25, -0.2) is 9.78 Å². The molecule has 0 spiro atoms. The fourth-order valence-electron chi connectivity index (χ4n) is 2.72. The summed E-state index contributed by atoms with van der Waals surface area (Å²) in [5.41, 5.74) is 3.04. The number of carbonyl (C=O) groups is 1. The first-order valence-electron chi connectivity index (χ1n) is 8.27. The molecule has 0 bridgehead atoms. The van der Waals surface area contributed by atoms with E-state index in [1.807, 2.05) is 48.8 Å². The molecule has 0 fully saturated rings. The molecule has 130 valence electrons. The summed E-state index contributed by atoms with van der Waals surface area (Å²) in [7, 11) is 1.77. The van der Waals surface area contributed by atoms with Crippen LogP contribution in [0.2, 0.25) is 5.02 Å². The van der Waals surface area contributed by atoms with Gasteiger partial charge >= 0.3 is 6.03 Å². The maximum Gasteiger partial charge on any atom is 0.317 e.